The van der Waals surface area contributed by atoms with Crippen LogP contribution in [0.25, 0.3) is 0 Å². The Kier molecular flexibility index (Phi) is 3.45. The van der Waals surface area contributed by atoms with Gasteiger partial charge in [-0.25, -0.2) is 0 Å². The van der Waals surface area contributed by atoms with Crippen LogP contribution in [-0.4, -0.2) is 19.1 Å². The Balaban J connectivity index is 1.95. The Morgan fingerprint density at radius 2 is 1.71 bits per heavy atom. The third-order valence-corrected chi connectivity index (χ3v) is 4.29. The summed E-state index contributed by atoms with van der Waals surface area (Å²) in [6, 6.07) is 0.780. The van der Waals surface area contributed by atoms with Gasteiger partial charge in [0.1, 0.15) is 0 Å². The third kappa shape index (κ3) is 1.96. The molecule has 14 heavy (non-hydrogen) atoms. The minimum atomic E-state index is 0.674. The topological polar surface area (TPSA) is 38.0 Å². The molecule has 2 heteroatoms. The van der Waals surface area contributed by atoms with Crippen molar-refractivity contribution in [2.24, 2.45) is 11.1 Å². The smallest absolute Gasteiger partial charge is 0.0124 e. The van der Waals surface area contributed by atoms with Crippen molar-refractivity contribution in [1.29, 1.82) is 0 Å². The van der Waals surface area contributed by atoms with Crippen molar-refractivity contribution < 1.29 is 0 Å². The Morgan fingerprint density at radius 3 is 2.36 bits per heavy atom. The predicted molar refractivity (Wildman–Crippen MR) is 60.2 cm³/mol. The van der Waals surface area contributed by atoms with E-state index in [4.69, 9.17) is 5.73 Å². The van der Waals surface area contributed by atoms with Gasteiger partial charge in [-0.1, -0.05) is 25.7 Å². The molecule has 0 aromatic rings. The summed E-state index contributed by atoms with van der Waals surface area (Å²) in [4.78, 5) is 0. The summed E-state index contributed by atoms with van der Waals surface area (Å²) in [5, 5.41) is 3.68. The lowest BCUT2D eigenvalue weighted by Crippen LogP contribution is -2.47. The van der Waals surface area contributed by atoms with Gasteiger partial charge < -0.3 is 11.1 Å². The summed E-state index contributed by atoms with van der Waals surface area (Å²) in [5.74, 6) is 0. The molecule has 1 atom stereocenters. The zero-order chi connectivity index (χ0) is 9.86. The van der Waals surface area contributed by atoms with Crippen LogP contribution in [-0.2, 0) is 0 Å². The molecule has 0 aliphatic heterocycles. The van der Waals surface area contributed by atoms with E-state index in [1.54, 1.807) is 0 Å². The highest BCUT2D eigenvalue weighted by Crippen LogP contribution is 2.48. The second-order valence-corrected chi connectivity index (χ2v) is 5.11. The van der Waals surface area contributed by atoms with E-state index in [-0.39, 0.29) is 0 Å². The summed E-state index contributed by atoms with van der Waals surface area (Å²) in [6.45, 7) is 1.79. The van der Waals surface area contributed by atoms with Gasteiger partial charge in [0.15, 0.2) is 0 Å². The SMILES string of the molecule is NCCNC1CCCCC12CCCC2. The molecular formula is C12H24N2. The average Bonchev–Trinajstić information content (AvgIpc) is 2.66. The Labute approximate surface area is 87.6 Å². The van der Waals surface area contributed by atoms with Crippen LogP contribution in [0.15, 0.2) is 0 Å². The Hall–Kier alpha value is -0.0800. The van der Waals surface area contributed by atoms with E-state index >= 15 is 0 Å². The molecule has 0 aromatic carbocycles. The summed E-state index contributed by atoms with van der Waals surface area (Å²) < 4.78 is 0. The fourth-order valence-corrected chi connectivity index (χ4v) is 3.56. The summed E-state index contributed by atoms with van der Waals surface area (Å²) >= 11 is 0. The number of nitrogens with one attached hydrogen (secondary N) is 1. The van der Waals surface area contributed by atoms with E-state index in [2.05, 4.69) is 5.32 Å². The van der Waals surface area contributed by atoms with Crippen LogP contribution in [0.2, 0.25) is 0 Å². The molecule has 2 rings (SSSR count). The third-order valence-electron chi connectivity index (χ3n) is 4.29. The molecular weight excluding hydrogens is 172 g/mol. The lowest BCUT2D eigenvalue weighted by molar-refractivity contribution is 0.132. The molecule has 3 N–H and O–H groups in total. The maximum atomic E-state index is 5.57. The quantitative estimate of drug-likeness (QED) is 0.725. The molecule has 0 heterocycles. The van der Waals surface area contributed by atoms with Crippen molar-refractivity contribution in [3.63, 3.8) is 0 Å². The van der Waals surface area contributed by atoms with Gasteiger partial charge in [-0.2, -0.15) is 0 Å². The highest BCUT2D eigenvalue weighted by molar-refractivity contribution is 4.97. The molecule has 2 saturated carbocycles. The molecule has 1 unspecified atom stereocenters. The minimum absolute atomic E-state index is 0.674. The molecule has 2 nitrogen and oxygen atoms in total. The lowest BCUT2D eigenvalue weighted by Gasteiger charge is -2.42. The second kappa shape index (κ2) is 4.63. The van der Waals surface area contributed by atoms with Gasteiger partial charge in [0.05, 0.1) is 0 Å². The van der Waals surface area contributed by atoms with E-state index in [0.717, 1.165) is 19.1 Å². The van der Waals surface area contributed by atoms with Crippen LogP contribution in [0.3, 0.4) is 0 Å². The van der Waals surface area contributed by atoms with E-state index in [9.17, 15) is 0 Å². The molecule has 2 aliphatic rings. The minimum Gasteiger partial charge on any atom is -0.329 e. The van der Waals surface area contributed by atoms with Gasteiger partial charge in [0.2, 0.25) is 0 Å². The number of nitrogens with two attached hydrogens (primary N) is 1. The summed E-state index contributed by atoms with van der Waals surface area (Å²) in [6.07, 6.45) is 11.6. The zero-order valence-corrected chi connectivity index (χ0v) is 9.23. The van der Waals surface area contributed by atoms with Gasteiger partial charge in [-0.05, 0) is 31.1 Å². The van der Waals surface area contributed by atoms with Crippen LogP contribution < -0.4 is 11.1 Å². The predicted octanol–water partition coefficient (Wildman–Crippen LogP) is 2.04. The Morgan fingerprint density at radius 1 is 1.07 bits per heavy atom. The summed E-state index contributed by atoms with van der Waals surface area (Å²) in [7, 11) is 0. The maximum absolute atomic E-state index is 5.57. The van der Waals surface area contributed by atoms with Crippen molar-refractivity contribution in [2.45, 2.75) is 57.4 Å². The molecule has 0 saturated heterocycles. The van der Waals surface area contributed by atoms with Crippen molar-refractivity contribution in [3.8, 4) is 0 Å². The first-order valence-electron chi connectivity index (χ1n) is 6.31. The van der Waals surface area contributed by atoms with Gasteiger partial charge in [-0.3, -0.25) is 0 Å². The van der Waals surface area contributed by atoms with E-state index < -0.39 is 0 Å². The molecule has 2 fully saturated rings. The van der Waals surface area contributed by atoms with Gasteiger partial charge >= 0.3 is 0 Å². The first kappa shape index (κ1) is 10.4. The monoisotopic (exact) mass is 196 g/mol. The Bertz CT molecular complexity index is 173. The van der Waals surface area contributed by atoms with Crippen molar-refractivity contribution in [3.05, 3.63) is 0 Å². The molecule has 82 valence electrons. The van der Waals surface area contributed by atoms with Crippen molar-refractivity contribution >= 4 is 0 Å². The van der Waals surface area contributed by atoms with E-state index in [0.29, 0.717) is 5.41 Å². The van der Waals surface area contributed by atoms with Crippen LogP contribution in [0.4, 0.5) is 0 Å². The molecule has 0 radical (unpaired) electrons. The first-order valence-corrected chi connectivity index (χ1v) is 6.31. The first-order chi connectivity index (χ1) is 6.87. The molecule has 0 bridgehead atoms. The fraction of sp³-hybridized carbons (Fsp3) is 1.00. The fourth-order valence-electron chi connectivity index (χ4n) is 3.56. The standard InChI is InChI=1S/C12H24N2/c13-9-10-14-11-5-1-2-6-12(11)7-3-4-8-12/h11,14H,1-10,13H2. The molecule has 1 spiro atoms. The van der Waals surface area contributed by atoms with Crippen molar-refractivity contribution in [1.82, 2.24) is 5.32 Å². The highest BCUT2D eigenvalue weighted by atomic mass is 14.9. The van der Waals surface area contributed by atoms with E-state index in [1.807, 2.05) is 0 Å². The van der Waals surface area contributed by atoms with Gasteiger partial charge in [-0.15, -0.1) is 0 Å². The molecule has 0 amide bonds. The highest BCUT2D eigenvalue weighted by Gasteiger charge is 2.41. The maximum Gasteiger partial charge on any atom is 0.0124 e. The second-order valence-electron chi connectivity index (χ2n) is 5.11. The van der Waals surface area contributed by atoms with Crippen LogP contribution in [0.5, 0.6) is 0 Å². The number of hydrogen-bond donors (Lipinski definition) is 2. The molecule has 2 aliphatic carbocycles. The molecule has 0 aromatic heterocycles. The van der Waals surface area contributed by atoms with Gasteiger partial charge in [0, 0.05) is 19.1 Å². The lowest BCUT2D eigenvalue weighted by atomic mass is 9.69. The largest absolute Gasteiger partial charge is 0.329 e. The van der Waals surface area contributed by atoms with Crippen LogP contribution in [0, 0.1) is 5.41 Å². The average molecular weight is 196 g/mol. The van der Waals surface area contributed by atoms with E-state index in [1.165, 1.54) is 51.4 Å². The number of rotatable bonds is 3. The summed E-state index contributed by atoms with van der Waals surface area (Å²) in [5.41, 5.74) is 6.24. The normalized spacial score (nSPS) is 31.1. The van der Waals surface area contributed by atoms with Crippen LogP contribution >= 0.6 is 0 Å². The van der Waals surface area contributed by atoms with Gasteiger partial charge in [0.25, 0.3) is 0 Å². The van der Waals surface area contributed by atoms with Crippen molar-refractivity contribution in [2.75, 3.05) is 13.1 Å². The zero-order valence-electron chi connectivity index (χ0n) is 9.23. The number of hydrogen-bond acceptors (Lipinski definition) is 2. The van der Waals surface area contributed by atoms with Crippen LogP contribution in [0.1, 0.15) is 51.4 Å².